The topological polar surface area (TPSA) is 75.6 Å². The lowest BCUT2D eigenvalue weighted by atomic mass is 10.0. The second-order valence-corrected chi connectivity index (χ2v) is 5.34. The fourth-order valence-corrected chi connectivity index (χ4v) is 1.89. The maximum absolute atomic E-state index is 11.7. The van der Waals surface area contributed by atoms with Gasteiger partial charge in [0.05, 0.1) is 6.61 Å². The van der Waals surface area contributed by atoms with Crippen molar-refractivity contribution in [2.75, 3.05) is 6.61 Å². The maximum Gasteiger partial charge on any atom is 0.326 e. The minimum Gasteiger partial charge on any atom is -0.493 e. The van der Waals surface area contributed by atoms with Crippen molar-refractivity contribution in [1.29, 1.82) is 0 Å². The molecule has 21 heavy (non-hydrogen) atoms. The standard InChI is InChI=1S/C16H23NO4/c1-11(2)15(16(19)20)17-14(18)9-6-10-21-13-8-5-4-7-12(13)3/h4-5,7-8,11,15H,6,9-10H2,1-3H3,(H,17,18)(H,19,20)/t15-/m1/s1. The van der Waals surface area contributed by atoms with Gasteiger partial charge in [0.1, 0.15) is 11.8 Å². The number of aryl methyl sites for hydroxylation is 1. The van der Waals surface area contributed by atoms with Crippen LogP contribution in [0.2, 0.25) is 0 Å². The molecule has 1 amide bonds. The molecule has 0 heterocycles. The zero-order valence-corrected chi connectivity index (χ0v) is 12.8. The number of hydrogen-bond donors (Lipinski definition) is 2. The minimum atomic E-state index is -1.01. The van der Waals surface area contributed by atoms with Crippen molar-refractivity contribution in [1.82, 2.24) is 5.32 Å². The molecule has 1 atom stereocenters. The number of nitrogens with one attached hydrogen (secondary N) is 1. The zero-order chi connectivity index (χ0) is 15.8. The summed E-state index contributed by atoms with van der Waals surface area (Å²) in [6.45, 7) is 5.92. The molecule has 2 N–H and O–H groups in total. The van der Waals surface area contributed by atoms with Gasteiger partial charge in [0.25, 0.3) is 0 Å². The van der Waals surface area contributed by atoms with E-state index in [9.17, 15) is 9.59 Å². The van der Waals surface area contributed by atoms with Crippen molar-refractivity contribution in [2.45, 2.75) is 39.7 Å². The van der Waals surface area contributed by atoms with E-state index in [0.717, 1.165) is 11.3 Å². The Morgan fingerprint density at radius 3 is 2.52 bits per heavy atom. The number of aliphatic carboxylic acids is 1. The Kier molecular flexibility index (Phi) is 6.72. The molecule has 0 aliphatic rings. The third-order valence-electron chi connectivity index (χ3n) is 3.15. The fraction of sp³-hybridized carbons (Fsp3) is 0.500. The molecule has 1 aromatic rings. The lowest BCUT2D eigenvalue weighted by Gasteiger charge is -2.17. The minimum absolute atomic E-state index is 0.144. The molecule has 0 aliphatic heterocycles. The Labute approximate surface area is 125 Å². The van der Waals surface area contributed by atoms with Crippen molar-refractivity contribution >= 4 is 11.9 Å². The summed E-state index contributed by atoms with van der Waals surface area (Å²) in [5.41, 5.74) is 1.05. The Balaban J connectivity index is 2.31. The summed E-state index contributed by atoms with van der Waals surface area (Å²) in [5.74, 6) is -0.600. The van der Waals surface area contributed by atoms with E-state index < -0.39 is 12.0 Å². The number of hydrogen-bond acceptors (Lipinski definition) is 3. The van der Waals surface area contributed by atoms with Gasteiger partial charge in [0.2, 0.25) is 5.91 Å². The van der Waals surface area contributed by atoms with Crippen molar-refractivity contribution in [3.63, 3.8) is 0 Å². The van der Waals surface area contributed by atoms with Crippen molar-refractivity contribution < 1.29 is 19.4 Å². The molecule has 0 unspecified atom stereocenters. The number of carbonyl (C=O) groups is 2. The van der Waals surface area contributed by atoms with Crippen LogP contribution >= 0.6 is 0 Å². The molecule has 0 saturated heterocycles. The number of carboxylic acid groups (broad SMARTS) is 1. The average Bonchev–Trinajstić information content (AvgIpc) is 2.42. The molecule has 1 rings (SSSR count). The van der Waals surface area contributed by atoms with Gasteiger partial charge in [-0.05, 0) is 30.9 Å². The maximum atomic E-state index is 11.7. The van der Waals surface area contributed by atoms with Gasteiger partial charge in [-0.3, -0.25) is 4.79 Å². The summed E-state index contributed by atoms with van der Waals surface area (Å²) in [6.07, 6.45) is 0.799. The van der Waals surface area contributed by atoms with Crippen LogP contribution < -0.4 is 10.1 Å². The summed E-state index contributed by atoms with van der Waals surface area (Å²) < 4.78 is 5.59. The molecule has 0 radical (unpaired) electrons. The van der Waals surface area contributed by atoms with Gasteiger partial charge in [-0.15, -0.1) is 0 Å². The van der Waals surface area contributed by atoms with E-state index in [1.165, 1.54) is 0 Å². The van der Waals surface area contributed by atoms with E-state index in [0.29, 0.717) is 13.0 Å². The summed E-state index contributed by atoms with van der Waals surface area (Å²) >= 11 is 0. The monoisotopic (exact) mass is 293 g/mol. The van der Waals surface area contributed by atoms with Gasteiger partial charge in [-0.1, -0.05) is 32.0 Å². The van der Waals surface area contributed by atoms with Gasteiger partial charge in [-0.25, -0.2) is 4.79 Å². The van der Waals surface area contributed by atoms with Crippen LogP contribution in [0.5, 0.6) is 5.75 Å². The smallest absolute Gasteiger partial charge is 0.326 e. The van der Waals surface area contributed by atoms with Gasteiger partial charge in [-0.2, -0.15) is 0 Å². The van der Waals surface area contributed by atoms with E-state index in [1.54, 1.807) is 13.8 Å². The van der Waals surface area contributed by atoms with Crippen LogP contribution in [-0.4, -0.2) is 29.6 Å². The highest BCUT2D eigenvalue weighted by atomic mass is 16.5. The summed E-state index contributed by atoms with van der Waals surface area (Å²) in [4.78, 5) is 22.7. The van der Waals surface area contributed by atoms with E-state index >= 15 is 0 Å². The third-order valence-corrected chi connectivity index (χ3v) is 3.15. The number of para-hydroxylation sites is 1. The van der Waals surface area contributed by atoms with Crippen LogP contribution in [0.1, 0.15) is 32.3 Å². The van der Waals surface area contributed by atoms with Crippen molar-refractivity contribution in [2.24, 2.45) is 5.92 Å². The molecule has 0 aliphatic carbocycles. The number of rotatable bonds is 8. The van der Waals surface area contributed by atoms with Crippen LogP contribution in [0, 0.1) is 12.8 Å². The molecular weight excluding hydrogens is 270 g/mol. The number of carboxylic acids is 1. The number of carbonyl (C=O) groups excluding carboxylic acids is 1. The fourth-order valence-electron chi connectivity index (χ4n) is 1.89. The van der Waals surface area contributed by atoms with Crippen LogP contribution in [0.25, 0.3) is 0 Å². The number of benzene rings is 1. The lowest BCUT2D eigenvalue weighted by molar-refractivity contribution is -0.143. The van der Waals surface area contributed by atoms with Crippen LogP contribution in [0.4, 0.5) is 0 Å². The second kappa shape index (κ2) is 8.29. The molecule has 5 nitrogen and oxygen atoms in total. The Morgan fingerprint density at radius 1 is 1.29 bits per heavy atom. The molecule has 0 saturated carbocycles. The number of amides is 1. The van der Waals surface area contributed by atoms with Gasteiger partial charge >= 0.3 is 5.97 Å². The summed E-state index contributed by atoms with van der Waals surface area (Å²) in [7, 11) is 0. The number of ether oxygens (including phenoxy) is 1. The van der Waals surface area contributed by atoms with Crippen molar-refractivity contribution in [3.05, 3.63) is 29.8 Å². The van der Waals surface area contributed by atoms with Crippen molar-refractivity contribution in [3.8, 4) is 5.75 Å². The van der Waals surface area contributed by atoms with E-state index in [2.05, 4.69) is 5.32 Å². The first-order valence-corrected chi connectivity index (χ1v) is 7.12. The molecule has 116 valence electrons. The summed E-state index contributed by atoms with van der Waals surface area (Å²) in [6, 6.07) is 6.84. The summed E-state index contributed by atoms with van der Waals surface area (Å²) in [5, 5.41) is 11.5. The SMILES string of the molecule is Cc1ccccc1OCCCC(=O)N[C@@H](C(=O)O)C(C)C. The zero-order valence-electron chi connectivity index (χ0n) is 12.8. The highest BCUT2D eigenvalue weighted by molar-refractivity contribution is 5.83. The Bertz CT molecular complexity index is 485. The molecular formula is C16H23NO4. The van der Waals surface area contributed by atoms with Gasteiger partial charge in [0.15, 0.2) is 0 Å². The predicted octanol–water partition coefficient (Wildman–Crippen LogP) is 2.38. The first-order chi connectivity index (χ1) is 9.91. The Morgan fingerprint density at radius 2 is 1.95 bits per heavy atom. The molecule has 5 heteroatoms. The molecule has 0 fully saturated rings. The van der Waals surface area contributed by atoms with Crippen LogP contribution in [0.3, 0.4) is 0 Å². The van der Waals surface area contributed by atoms with E-state index in [-0.39, 0.29) is 18.2 Å². The predicted molar refractivity (Wildman–Crippen MR) is 80.3 cm³/mol. The van der Waals surface area contributed by atoms with Gasteiger partial charge < -0.3 is 15.2 Å². The first-order valence-electron chi connectivity index (χ1n) is 7.12. The largest absolute Gasteiger partial charge is 0.493 e. The quantitative estimate of drug-likeness (QED) is 0.722. The van der Waals surface area contributed by atoms with Crippen LogP contribution in [-0.2, 0) is 9.59 Å². The molecule has 0 bridgehead atoms. The van der Waals surface area contributed by atoms with Gasteiger partial charge in [0, 0.05) is 6.42 Å². The Hall–Kier alpha value is -2.04. The normalized spacial score (nSPS) is 12.0. The van der Waals surface area contributed by atoms with E-state index in [1.807, 2.05) is 31.2 Å². The molecule has 0 spiro atoms. The van der Waals surface area contributed by atoms with E-state index in [4.69, 9.17) is 9.84 Å². The molecule has 0 aromatic heterocycles. The highest BCUT2D eigenvalue weighted by Crippen LogP contribution is 2.16. The lowest BCUT2D eigenvalue weighted by Crippen LogP contribution is -2.44. The highest BCUT2D eigenvalue weighted by Gasteiger charge is 2.22. The third kappa shape index (κ3) is 5.85. The molecule has 1 aromatic carbocycles. The van der Waals surface area contributed by atoms with Crippen LogP contribution in [0.15, 0.2) is 24.3 Å². The first kappa shape index (κ1) is 17.0. The second-order valence-electron chi connectivity index (χ2n) is 5.34. The average molecular weight is 293 g/mol.